The van der Waals surface area contributed by atoms with E-state index < -0.39 is 6.04 Å². The van der Waals surface area contributed by atoms with Gasteiger partial charge in [0, 0.05) is 38.3 Å². The number of amides is 4. The number of imide groups is 1. The highest BCUT2D eigenvalue weighted by atomic mass is 16.2. The Morgan fingerprint density at radius 3 is 2.83 bits per heavy atom. The van der Waals surface area contributed by atoms with E-state index in [1.165, 1.54) is 4.90 Å². The summed E-state index contributed by atoms with van der Waals surface area (Å²) in [6, 6.07) is 6.85. The third kappa shape index (κ3) is 3.50. The Bertz CT molecular complexity index is 661. The number of anilines is 1. The molecule has 2 N–H and O–H groups in total. The maximum Gasteiger partial charge on any atom is 0.324 e. The Balaban J connectivity index is 1.62. The largest absolute Gasteiger partial charge is 0.374 e. The third-order valence-electron chi connectivity index (χ3n) is 4.35. The number of nitrogens with one attached hydrogen (secondary N) is 2. The molecule has 128 valence electrons. The normalized spacial score (nSPS) is 18.7. The minimum Gasteiger partial charge on any atom is -0.374 e. The number of carbonyl (C=O) groups excluding carboxylic acids is 3. The first-order valence-electron chi connectivity index (χ1n) is 8.27. The number of hydrogen-bond donors (Lipinski definition) is 2. The van der Waals surface area contributed by atoms with Gasteiger partial charge in [-0.25, -0.2) is 4.79 Å². The van der Waals surface area contributed by atoms with Crippen LogP contribution in [-0.2, 0) is 16.1 Å². The summed E-state index contributed by atoms with van der Waals surface area (Å²) in [5.74, 6) is -0.0536. The standard InChI is InChI=1S/C17H22N4O3/c1-12(16(23)21-9-7-18-17(21)24)19-14-5-2-4-13(10-14)11-20-8-3-6-15(20)22/h2,4-5,10,12,19H,3,6-9,11H2,1H3,(H,18,24). The highest BCUT2D eigenvalue weighted by molar-refractivity contribution is 5.99. The maximum atomic E-state index is 12.3. The van der Waals surface area contributed by atoms with Crippen LogP contribution in [0.15, 0.2) is 24.3 Å². The highest BCUT2D eigenvalue weighted by Crippen LogP contribution is 2.18. The number of carbonyl (C=O) groups is 3. The van der Waals surface area contributed by atoms with Crippen molar-refractivity contribution in [1.82, 2.24) is 15.1 Å². The van der Waals surface area contributed by atoms with Crippen LogP contribution < -0.4 is 10.6 Å². The van der Waals surface area contributed by atoms with E-state index in [2.05, 4.69) is 10.6 Å². The molecule has 0 radical (unpaired) electrons. The number of likely N-dealkylation sites (tertiary alicyclic amines) is 1. The molecule has 0 bridgehead atoms. The van der Waals surface area contributed by atoms with Gasteiger partial charge < -0.3 is 15.5 Å². The van der Waals surface area contributed by atoms with E-state index in [0.717, 1.165) is 24.2 Å². The molecule has 0 aromatic heterocycles. The summed E-state index contributed by atoms with van der Waals surface area (Å²) in [4.78, 5) is 38.7. The molecule has 7 nitrogen and oxygen atoms in total. The average Bonchev–Trinajstić information content (AvgIpc) is 3.16. The van der Waals surface area contributed by atoms with Crippen molar-refractivity contribution in [3.8, 4) is 0 Å². The molecule has 2 aliphatic heterocycles. The van der Waals surface area contributed by atoms with Crippen LogP contribution >= 0.6 is 0 Å². The fourth-order valence-corrected chi connectivity index (χ4v) is 3.08. The molecule has 3 rings (SSSR count). The molecule has 2 saturated heterocycles. The van der Waals surface area contributed by atoms with Crippen LogP contribution in [0.3, 0.4) is 0 Å². The van der Waals surface area contributed by atoms with Crippen molar-refractivity contribution >= 4 is 23.5 Å². The van der Waals surface area contributed by atoms with Gasteiger partial charge in [0.15, 0.2) is 0 Å². The molecule has 2 aliphatic rings. The van der Waals surface area contributed by atoms with E-state index in [0.29, 0.717) is 26.1 Å². The molecule has 2 heterocycles. The summed E-state index contributed by atoms with van der Waals surface area (Å²) in [7, 11) is 0. The van der Waals surface area contributed by atoms with Crippen molar-refractivity contribution < 1.29 is 14.4 Å². The van der Waals surface area contributed by atoms with Crippen LogP contribution in [0.1, 0.15) is 25.3 Å². The number of benzene rings is 1. The van der Waals surface area contributed by atoms with Crippen LogP contribution in [0.5, 0.6) is 0 Å². The minimum atomic E-state index is -0.502. The maximum absolute atomic E-state index is 12.3. The van der Waals surface area contributed by atoms with E-state index >= 15 is 0 Å². The summed E-state index contributed by atoms with van der Waals surface area (Å²) < 4.78 is 0. The van der Waals surface area contributed by atoms with Crippen molar-refractivity contribution in [2.75, 3.05) is 25.0 Å². The Labute approximate surface area is 141 Å². The van der Waals surface area contributed by atoms with Crippen LogP contribution in [0.4, 0.5) is 10.5 Å². The summed E-state index contributed by atoms with van der Waals surface area (Å²) in [5, 5.41) is 5.76. The summed E-state index contributed by atoms with van der Waals surface area (Å²) >= 11 is 0. The van der Waals surface area contributed by atoms with Gasteiger partial charge in [0.25, 0.3) is 5.91 Å². The molecule has 1 aromatic carbocycles. The molecule has 0 aliphatic carbocycles. The molecule has 4 amide bonds. The molecule has 1 unspecified atom stereocenters. The summed E-state index contributed by atoms with van der Waals surface area (Å²) in [6.45, 7) is 4.03. The molecular weight excluding hydrogens is 308 g/mol. The molecule has 24 heavy (non-hydrogen) atoms. The second kappa shape index (κ2) is 6.90. The second-order valence-electron chi connectivity index (χ2n) is 6.21. The van der Waals surface area contributed by atoms with Crippen molar-refractivity contribution in [2.24, 2.45) is 0 Å². The Morgan fingerprint density at radius 1 is 1.33 bits per heavy atom. The minimum absolute atomic E-state index is 0.192. The zero-order valence-electron chi connectivity index (χ0n) is 13.7. The number of rotatable bonds is 5. The van der Waals surface area contributed by atoms with Gasteiger partial charge in [-0.3, -0.25) is 14.5 Å². The Hall–Kier alpha value is -2.57. The van der Waals surface area contributed by atoms with Gasteiger partial charge in [-0.05, 0) is 31.0 Å². The molecule has 0 saturated carbocycles. The molecule has 7 heteroatoms. The summed E-state index contributed by atoms with van der Waals surface area (Å²) in [6.07, 6.45) is 1.54. The quantitative estimate of drug-likeness (QED) is 0.849. The molecule has 2 fully saturated rings. The van der Waals surface area contributed by atoms with E-state index in [9.17, 15) is 14.4 Å². The predicted molar refractivity (Wildman–Crippen MR) is 89.3 cm³/mol. The lowest BCUT2D eigenvalue weighted by Gasteiger charge is -2.21. The Kier molecular flexibility index (Phi) is 4.69. The monoisotopic (exact) mass is 330 g/mol. The average molecular weight is 330 g/mol. The van der Waals surface area contributed by atoms with Crippen LogP contribution in [0, 0.1) is 0 Å². The zero-order chi connectivity index (χ0) is 17.1. The van der Waals surface area contributed by atoms with Gasteiger partial charge in [-0.2, -0.15) is 0 Å². The number of nitrogens with zero attached hydrogens (tertiary/aromatic N) is 2. The first kappa shape index (κ1) is 16.3. The molecular formula is C17H22N4O3. The van der Waals surface area contributed by atoms with Crippen molar-refractivity contribution in [3.05, 3.63) is 29.8 Å². The lowest BCUT2D eigenvalue weighted by atomic mass is 10.1. The molecule has 1 atom stereocenters. The zero-order valence-corrected chi connectivity index (χ0v) is 13.7. The van der Waals surface area contributed by atoms with Gasteiger partial charge in [-0.1, -0.05) is 12.1 Å². The van der Waals surface area contributed by atoms with E-state index in [4.69, 9.17) is 0 Å². The first-order valence-corrected chi connectivity index (χ1v) is 8.27. The van der Waals surface area contributed by atoms with Crippen LogP contribution in [0.2, 0.25) is 0 Å². The second-order valence-corrected chi connectivity index (χ2v) is 6.21. The smallest absolute Gasteiger partial charge is 0.324 e. The molecule has 1 aromatic rings. The predicted octanol–water partition coefficient (Wildman–Crippen LogP) is 1.16. The topological polar surface area (TPSA) is 81.8 Å². The SMILES string of the molecule is CC(Nc1cccc(CN2CCCC2=O)c1)C(=O)N1CCNC1=O. The van der Waals surface area contributed by atoms with Gasteiger partial charge in [-0.15, -0.1) is 0 Å². The first-order chi connectivity index (χ1) is 11.5. The highest BCUT2D eigenvalue weighted by Gasteiger charge is 2.29. The van der Waals surface area contributed by atoms with Crippen molar-refractivity contribution in [3.63, 3.8) is 0 Å². The Morgan fingerprint density at radius 2 is 2.17 bits per heavy atom. The van der Waals surface area contributed by atoms with Crippen LogP contribution in [-0.4, -0.2) is 53.3 Å². The van der Waals surface area contributed by atoms with Crippen molar-refractivity contribution in [2.45, 2.75) is 32.4 Å². The van der Waals surface area contributed by atoms with E-state index in [1.807, 2.05) is 29.2 Å². The third-order valence-corrected chi connectivity index (χ3v) is 4.35. The van der Waals surface area contributed by atoms with Crippen LogP contribution in [0.25, 0.3) is 0 Å². The van der Waals surface area contributed by atoms with Crippen molar-refractivity contribution in [1.29, 1.82) is 0 Å². The lowest BCUT2D eigenvalue weighted by molar-refractivity contribution is -0.128. The molecule has 0 spiro atoms. The van der Waals surface area contributed by atoms with E-state index in [1.54, 1.807) is 6.92 Å². The number of hydrogen-bond acceptors (Lipinski definition) is 4. The fraction of sp³-hybridized carbons (Fsp3) is 0.471. The number of urea groups is 1. The van der Waals surface area contributed by atoms with Gasteiger partial charge in [0.1, 0.15) is 6.04 Å². The fourth-order valence-electron chi connectivity index (χ4n) is 3.08. The van der Waals surface area contributed by atoms with Gasteiger partial charge >= 0.3 is 6.03 Å². The van der Waals surface area contributed by atoms with Gasteiger partial charge in [0.05, 0.1) is 0 Å². The van der Waals surface area contributed by atoms with Gasteiger partial charge in [0.2, 0.25) is 5.91 Å². The van der Waals surface area contributed by atoms with E-state index in [-0.39, 0.29) is 17.8 Å². The summed E-state index contributed by atoms with van der Waals surface area (Å²) in [5.41, 5.74) is 1.83. The lowest BCUT2D eigenvalue weighted by Crippen LogP contribution is -2.43.